The first kappa shape index (κ1) is 15.4. The molecular formula is C17H18F2O2. The molecule has 0 radical (unpaired) electrons. The first-order valence-electron chi connectivity index (χ1n) is 6.95. The third-order valence-corrected chi connectivity index (χ3v) is 3.17. The predicted octanol–water partition coefficient (Wildman–Crippen LogP) is 4.03. The molecule has 0 aliphatic heterocycles. The number of benzene rings is 2. The van der Waals surface area contributed by atoms with Gasteiger partial charge in [-0.1, -0.05) is 31.2 Å². The zero-order valence-electron chi connectivity index (χ0n) is 11.9. The number of rotatable bonds is 6. The van der Waals surface area contributed by atoms with E-state index >= 15 is 0 Å². The van der Waals surface area contributed by atoms with E-state index in [1.807, 2.05) is 13.0 Å². The molecule has 1 atom stereocenters. The Kier molecular flexibility index (Phi) is 5.28. The summed E-state index contributed by atoms with van der Waals surface area (Å²) in [5, 5.41) is 10.3. The van der Waals surface area contributed by atoms with Gasteiger partial charge < -0.3 is 9.84 Å². The molecule has 1 unspecified atom stereocenters. The van der Waals surface area contributed by atoms with Gasteiger partial charge in [-0.3, -0.25) is 0 Å². The maximum Gasteiger partial charge on any atom is 0.129 e. The van der Waals surface area contributed by atoms with Crippen molar-refractivity contribution >= 4 is 0 Å². The zero-order valence-corrected chi connectivity index (χ0v) is 11.9. The molecule has 0 saturated carbocycles. The van der Waals surface area contributed by atoms with Gasteiger partial charge in [-0.15, -0.1) is 0 Å². The Morgan fingerprint density at radius 1 is 1.14 bits per heavy atom. The normalized spacial score (nSPS) is 12.2. The molecule has 2 rings (SSSR count). The molecule has 112 valence electrons. The van der Waals surface area contributed by atoms with Crippen LogP contribution in [0.4, 0.5) is 8.78 Å². The van der Waals surface area contributed by atoms with Crippen LogP contribution in [0.25, 0.3) is 0 Å². The van der Waals surface area contributed by atoms with Gasteiger partial charge >= 0.3 is 0 Å². The van der Waals surface area contributed by atoms with E-state index in [1.165, 1.54) is 12.1 Å². The fourth-order valence-corrected chi connectivity index (χ4v) is 2.10. The lowest BCUT2D eigenvalue weighted by atomic mass is 10.00. The molecule has 2 aromatic carbocycles. The maximum atomic E-state index is 13.6. The summed E-state index contributed by atoms with van der Waals surface area (Å²) in [4.78, 5) is 0. The van der Waals surface area contributed by atoms with Gasteiger partial charge in [0.05, 0.1) is 12.7 Å². The third kappa shape index (κ3) is 4.02. The Balaban J connectivity index is 2.18. The molecule has 0 fully saturated rings. The molecule has 0 heterocycles. The van der Waals surface area contributed by atoms with Crippen LogP contribution >= 0.6 is 0 Å². The summed E-state index contributed by atoms with van der Waals surface area (Å²) in [6.07, 6.45) is 0.0216. The lowest BCUT2D eigenvalue weighted by molar-refractivity contribution is 0.170. The van der Waals surface area contributed by atoms with E-state index in [0.29, 0.717) is 17.9 Å². The van der Waals surface area contributed by atoms with E-state index in [4.69, 9.17) is 4.74 Å². The molecule has 4 heteroatoms. The molecule has 2 aromatic rings. The van der Waals surface area contributed by atoms with Crippen LogP contribution in [0.5, 0.6) is 5.75 Å². The van der Waals surface area contributed by atoms with E-state index in [9.17, 15) is 13.9 Å². The summed E-state index contributed by atoms with van der Waals surface area (Å²) in [7, 11) is 0. The second-order valence-electron chi connectivity index (χ2n) is 4.84. The van der Waals surface area contributed by atoms with E-state index in [0.717, 1.165) is 12.5 Å². The van der Waals surface area contributed by atoms with Crippen LogP contribution in [0.3, 0.4) is 0 Å². The number of aliphatic hydroxyl groups is 1. The molecule has 1 N–H and O–H groups in total. The fourth-order valence-electron chi connectivity index (χ4n) is 2.10. The van der Waals surface area contributed by atoms with Crippen molar-refractivity contribution in [3.05, 3.63) is 65.2 Å². The summed E-state index contributed by atoms with van der Waals surface area (Å²) in [5.74, 6) is -0.687. The largest absolute Gasteiger partial charge is 0.493 e. The smallest absolute Gasteiger partial charge is 0.129 e. The quantitative estimate of drug-likeness (QED) is 0.871. The number of halogens is 2. The molecular weight excluding hydrogens is 274 g/mol. The van der Waals surface area contributed by atoms with E-state index in [-0.39, 0.29) is 12.0 Å². The monoisotopic (exact) mass is 292 g/mol. The summed E-state index contributed by atoms with van der Waals surface area (Å²) in [6, 6.07) is 10.5. The standard InChI is InChI=1S/C17H18F2O2/c1-2-9-21-17-6-4-3-5-14(17)16(20)10-12-7-8-13(18)11-15(12)19/h3-8,11,16,20H,2,9-10H2,1H3. The number of hydrogen-bond acceptors (Lipinski definition) is 2. The van der Waals surface area contributed by atoms with Crippen LogP contribution in [0.15, 0.2) is 42.5 Å². The van der Waals surface area contributed by atoms with Crippen molar-refractivity contribution in [2.45, 2.75) is 25.9 Å². The van der Waals surface area contributed by atoms with Crippen LogP contribution in [0.1, 0.15) is 30.6 Å². The van der Waals surface area contributed by atoms with Crippen molar-refractivity contribution in [2.24, 2.45) is 0 Å². The molecule has 0 aromatic heterocycles. The Labute approximate surface area is 123 Å². The van der Waals surface area contributed by atoms with Crippen molar-refractivity contribution in [3.8, 4) is 5.75 Å². The average Bonchev–Trinajstić information content (AvgIpc) is 2.48. The van der Waals surface area contributed by atoms with Gasteiger partial charge in [-0.05, 0) is 24.1 Å². The molecule has 0 spiro atoms. The molecule has 21 heavy (non-hydrogen) atoms. The highest BCUT2D eigenvalue weighted by Crippen LogP contribution is 2.28. The predicted molar refractivity (Wildman–Crippen MR) is 77.2 cm³/mol. The average molecular weight is 292 g/mol. The maximum absolute atomic E-state index is 13.6. The number of ether oxygens (including phenoxy) is 1. The SMILES string of the molecule is CCCOc1ccccc1C(O)Cc1ccc(F)cc1F. The van der Waals surface area contributed by atoms with Gasteiger partial charge in [-0.25, -0.2) is 8.78 Å². The Morgan fingerprint density at radius 2 is 1.90 bits per heavy atom. The van der Waals surface area contributed by atoms with Crippen molar-refractivity contribution in [2.75, 3.05) is 6.61 Å². The van der Waals surface area contributed by atoms with Gasteiger partial charge in [0.1, 0.15) is 17.4 Å². The number of para-hydroxylation sites is 1. The van der Waals surface area contributed by atoms with Gasteiger partial charge in [0.2, 0.25) is 0 Å². The summed E-state index contributed by atoms with van der Waals surface area (Å²) >= 11 is 0. The van der Waals surface area contributed by atoms with Crippen molar-refractivity contribution < 1.29 is 18.6 Å². The van der Waals surface area contributed by atoms with Gasteiger partial charge in [0.25, 0.3) is 0 Å². The molecule has 2 nitrogen and oxygen atoms in total. The Hall–Kier alpha value is -1.94. The Morgan fingerprint density at radius 3 is 2.62 bits per heavy atom. The lowest BCUT2D eigenvalue weighted by Crippen LogP contribution is -2.07. The zero-order chi connectivity index (χ0) is 15.2. The van der Waals surface area contributed by atoms with Crippen molar-refractivity contribution in [1.29, 1.82) is 0 Å². The lowest BCUT2D eigenvalue weighted by Gasteiger charge is -2.16. The number of hydrogen-bond donors (Lipinski definition) is 1. The first-order valence-corrected chi connectivity index (χ1v) is 6.95. The van der Waals surface area contributed by atoms with E-state index < -0.39 is 17.7 Å². The van der Waals surface area contributed by atoms with Crippen molar-refractivity contribution in [3.63, 3.8) is 0 Å². The minimum Gasteiger partial charge on any atom is -0.493 e. The van der Waals surface area contributed by atoms with Crippen LogP contribution in [0.2, 0.25) is 0 Å². The van der Waals surface area contributed by atoms with Crippen LogP contribution < -0.4 is 4.74 Å². The number of aliphatic hydroxyl groups excluding tert-OH is 1. The van der Waals surface area contributed by atoms with E-state index in [2.05, 4.69) is 0 Å². The molecule has 0 aliphatic carbocycles. The van der Waals surface area contributed by atoms with E-state index in [1.54, 1.807) is 18.2 Å². The highest BCUT2D eigenvalue weighted by molar-refractivity contribution is 5.36. The molecule has 0 amide bonds. The third-order valence-electron chi connectivity index (χ3n) is 3.17. The molecule has 0 aliphatic rings. The minimum atomic E-state index is -0.905. The van der Waals surface area contributed by atoms with Crippen molar-refractivity contribution in [1.82, 2.24) is 0 Å². The highest BCUT2D eigenvalue weighted by Gasteiger charge is 2.16. The summed E-state index contributed by atoms with van der Waals surface area (Å²) < 4.78 is 32.1. The molecule has 0 bridgehead atoms. The van der Waals surface area contributed by atoms with Gasteiger partial charge in [0.15, 0.2) is 0 Å². The summed E-state index contributed by atoms with van der Waals surface area (Å²) in [6.45, 7) is 2.54. The van der Waals surface area contributed by atoms with Gasteiger partial charge in [-0.2, -0.15) is 0 Å². The summed E-state index contributed by atoms with van der Waals surface area (Å²) in [5.41, 5.74) is 0.879. The topological polar surface area (TPSA) is 29.5 Å². The second-order valence-corrected chi connectivity index (χ2v) is 4.84. The molecule has 0 saturated heterocycles. The second kappa shape index (κ2) is 7.18. The fraction of sp³-hybridized carbons (Fsp3) is 0.294. The van der Waals surface area contributed by atoms with Crippen LogP contribution in [-0.2, 0) is 6.42 Å². The van der Waals surface area contributed by atoms with Gasteiger partial charge in [0, 0.05) is 18.1 Å². The van der Waals surface area contributed by atoms with Crippen LogP contribution in [-0.4, -0.2) is 11.7 Å². The van der Waals surface area contributed by atoms with Crippen LogP contribution in [0, 0.1) is 11.6 Å². The minimum absolute atomic E-state index is 0.0681. The highest BCUT2D eigenvalue weighted by atomic mass is 19.1. The first-order chi connectivity index (χ1) is 10.1. The Bertz CT molecular complexity index is 599.